The van der Waals surface area contributed by atoms with Crippen LogP contribution in [0.4, 0.5) is 4.39 Å². The van der Waals surface area contributed by atoms with Gasteiger partial charge in [0.1, 0.15) is 18.5 Å². The van der Waals surface area contributed by atoms with Crippen LogP contribution in [0.25, 0.3) is 0 Å². The molecule has 2 aliphatic rings. The highest BCUT2D eigenvalue weighted by Gasteiger charge is 2.29. The predicted octanol–water partition coefficient (Wildman–Crippen LogP) is 2.22. The summed E-state index contributed by atoms with van der Waals surface area (Å²) in [6, 6.07) is 13.3. The molecule has 0 spiro atoms. The van der Waals surface area contributed by atoms with E-state index in [1.165, 1.54) is 24.3 Å². The van der Waals surface area contributed by atoms with Crippen LogP contribution in [-0.2, 0) is 0 Å². The number of carbonyl (C=O) groups excluding carboxylic acids is 1. The molecule has 154 valence electrons. The van der Waals surface area contributed by atoms with E-state index in [0.717, 1.165) is 12.8 Å². The molecule has 2 N–H and O–H groups in total. The normalized spacial score (nSPS) is 20.3. The number of nitrogens with one attached hydrogen (secondary N) is 1. The minimum Gasteiger partial charge on any atom is -0.486 e. The van der Waals surface area contributed by atoms with E-state index in [4.69, 9.17) is 9.47 Å². The summed E-state index contributed by atoms with van der Waals surface area (Å²) in [7, 11) is 0. The molecule has 2 heterocycles. The summed E-state index contributed by atoms with van der Waals surface area (Å²) >= 11 is 0. The minimum absolute atomic E-state index is 0.0742. The highest BCUT2D eigenvalue weighted by Crippen LogP contribution is 2.31. The first-order valence-corrected chi connectivity index (χ1v) is 9.95. The summed E-state index contributed by atoms with van der Waals surface area (Å²) in [6.45, 7) is 1.96. The van der Waals surface area contributed by atoms with Crippen molar-refractivity contribution in [2.75, 3.05) is 26.2 Å². The number of aliphatic hydroxyl groups excluding tert-OH is 1. The van der Waals surface area contributed by atoms with E-state index in [1.807, 2.05) is 24.3 Å². The molecular formula is C22H25FN2O4. The lowest BCUT2D eigenvalue weighted by molar-refractivity contribution is -0.0109. The monoisotopic (exact) mass is 400 g/mol. The van der Waals surface area contributed by atoms with E-state index < -0.39 is 12.2 Å². The molecule has 2 unspecified atom stereocenters. The molecule has 1 amide bonds. The van der Waals surface area contributed by atoms with Gasteiger partial charge in [0.2, 0.25) is 0 Å². The van der Waals surface area contributed by atoms with Gasteiger partial charge in [-0.25, -0.2) is 4.39 Å². The third-order valence-corrected chi connectivity index (χ3v) is 5.45. The Hall–Kier alpha value is -2.64. The molecule has 0 bridgehead atoms. The number of fused-ring (bicyclic) bond motifs is 1. The van der Waals surface area contributed by atoms with E-state index >= 15 is 0 Å². The van der Waals surface area contributed by atoms with E-state index in [-0.39, 0.29) is 17.8 Å². The SMILES string of the molecule is O=C(c1ccc(F)cc1)N1CCC(NCC(O)C2COc3ccccc3O2)CC1. The Kier molecular flexibility index (Phi) is 5.97. The molecule has 0 aliphatic carbocycles. The standard InChI is InChI=1S/C22H25FN2O4/c23-16-7-5-15(6-8-16)22(27)25-11-9-17(10-12-25)24-13-18(26)21-14-28-19-3-1-2-4-20(19)29-21/h1-8,17-18,21,24,26H,9-14H2. The van der Waals surface area contributed by atoms with Gasteiger partial charge in [-0.3, -0.25) is 4.79 Å². The van der Waals surface area contributed by atoms with Crippen molar-refractivity contribution < 1.29 is 23.8 Å². The Balaban J connectivity index is 1.22. The predicted molar refractivity (Wildman–Crippen MR) is 106 cm³/mol. The number of halogens is 1. The molecule has 7 heteroatoms. The third-order valence-electron chi connectivity index (χ3n) is 5.45. The highest BCUT2D eigenvalue weighted by molar-refractivity contribution is 5.94. The van der Waals surface area contributed by atoms with Crippen molar-refractivity contribution in [1.82, 2.24) is 10.2 Å². The van der Waals surface area contributed by atoms with Crippen molar-refractivity contribution >= 4 is 5.91 Å². The number of amides is 1. The molecule has 0 saturated carbocycles. The van der Waals surface area contributed by atoms with Gasteiger partial charge in [0.15, 0.2) is 17.6 Å². The van der Waals surface area contributed by atoms with Crippen molar-refractivity contribution in [3.63, 3.8) is 0 Å². The van der Waals surface area contributed by atoms with Gasteiger partial charge in [-0.2, -0.15) is 0 Å². The average Bonchev–Trinajstić information content (AvgIpc) is 2.77. The maximum Gasteiger partial charge on any atom is 0.253 e. The molecule has 2 aromatic carbocycles. The lowest BCUT2D eigenvalue weighted by Gasteiger charge is -2.34. The van der Waals surface area contributed by atoms with Crippen LogP contribution in [-0.4, -0.2) is 60.4 Å². The van der Waals surface area contributed by atoms with Crippen molar-refractivity contribution in [2.45, 2.75) is 31.1 Å². The number of likely N-dealkylation sites (tertiary alicyclic amines) is 1. The van der Waals surface area contributed by atoms with Gasteiger partial charge in [0, 0.05) is 31.2 Å². The summed E-state index contributed by atoms with van der Waals surface area (Å²) < 4.78 is 24.5. The number of hydrogen-bond acceptors (Lipinski definition) is 5. The maximum absolute atomic E-state index is 13.0. The Bertz CT molecular complexity index is 837. The van der Waals surface area contributed by atoms with Crippen molar-refractivity contribution in [3.8, 4) is 11.5 Å². The average molecular weight is 400 g/mol. The van der Waals surface area contributed by atoms with Gasteiger partial charge >= 0.3 is 0 Å². The largest absolute Gasteiger partial charge is 0.486 e. The number of para-hydroxylation sites is 2. The van der Waals surface area contributed by atoms with E-state index in [0.29, 0.717) is 43.3 Å². The molecule has 4 rings (SSSR count). The Labute approximate surface area is 169 Å². The van der Waals surface area contributed by atoms with Crippen LogP contribution in [0.3, 0.4) is 0 Å². The molecule has 0 radical (unpaired) electrons. The first-order valence-electron chi connectivity index (χ1n) is 9.95. The Morgan fingerprint density at radius 2 is 1.83 bits per heavy atom. The Morgan fingerprint density at radius 1 is 1.14 bits per heavy atom. The lowest BCUT2D eigenvalue weighted by Crippen LogP contribution is -2.50. The fraction of sp³-hybridized carbons (Fsp3) is 0.409. The summed E-state index contributed by atoms with van der Waals surface area (Å²) in [5, 5.41) is 13.9. The number of aliphatic hydroxyl groups is 1. The number of benzene rings is 2. The number of nitrogens with zero attached hydrogens (tertiary/aromatic N) is 1. The number of ether oxygens (including phenoxy) is 2. The maximum atomic E-state index is 13.0. The number of carbonyl (C=O) groups is 1. The topological polar surface area (TPSA) is 71.0 Å². The molecule has 2 aliphatic heterocycles. The fourth-order valence-electron chi connectivity index (χ4n) is 3.71. The minimum atomic E-state index is -0.692. The molecule has 29 heavy (non-hydrogen) atoms. The van der Waals surface area contributed by atoms with Crippen LogP contribution in [0.2, 0.25) is 0 Å². The van der Waals surface area contributed by atoms with Crippen LogP contribution >= 0.6 is 0 Å². The van der Waals surface area contributed by atoms with E-state index in [1.54, 1.807) is 4.90 Å². The quantitative estimate of drug-likeness (QED) is 0.806. The van der Waals surface area contributed by atoms with Gasteiger partial charge in [0.05, 0.1) is 0 Å². The smallest absolute Gasteiger partial charge is 0.253 e. The second kappa shape index (κ2) is 8.80. The van der Waals surface area contributed by atoms with Crippen LogP contribution in [0.1, 0.15) is 23.2 Å². The van der Waals surface area contributed by atoms with Crippen molar-refractivity contribution in [2.24, 2.45) is 0 Å². The molecule has 1 fully saturated rings. The van der Waals surface area contributed by atoms with Gasteiger partial charge in [-0.15, -0.1) is 0 Å². The first-order chi connectivity index (χ1) is 14.1. The zero-order chi connectivity index (χ0) is 20.2. The molecule has 6 nitrogen and oxygen atoms in total. The first kappa shape index (κ1) is 19.7. The fourth-order valence-corrected chi connectivity index (χ4v) is 3.71. The summed E-state index contributed by atoms with van der Waals surface area (Å²) in [5.41, 5.74) is 0.503. The number of piperidine rings is 1. The second-order valence-electron chi connectivity index (χ2n) is 7.46. The highest BCUT2D eigenvalue weighted by atomic mass is 19.1. The zero-order valence-corrected chi connectivity index (χ0v) is 16.1. The van der Waals surface area contributed by atoms with E-state index in [2.05, 4.69) is 5.32 Å². The number of hydrogen-bond donors (Lipinski definition) is 2. The molecular weight excluding hydrogens is 375 g/mol. The summed E-state index contributed by atoms with van der Waals surface area (Å²) in [4.78, 5) is 14.3. The summed E-state index contributed by atoms with van der Waals surface area (Å²) in [6.07, 6.45) is 0.481. The molecule has 2 atom stereocenters. The molecule has 1 saturated heterocycles. The van der Waals surface area contributed by atoms with Crippen LogP contribution < -0.4 is 14.8 Å². The summed E-state index contributed by atoms with van der Waals surface area (Å²) in [5.74, 6) is 0.922. The number of rotatable bonds is 5. The lowest BCUT2D eigenvalue weighted by atomic mass is 10.0. The van der Waals surface area contributed by atoms with Gasteiger partial charge in [0.25, 0.3) is 5.91 Å². The molecule has 2 aromatic rings. The third kappa shape index (κ3) is 4.68. The van der Waals surface area contributed by atoms with Gasteiger partial charge in [-0.1, -0.05) is 12.1 Å². The van der Waals surface area contributed by atoms with Crippen LogP contribution in [0.5, 0.6) is 11.5 Å². The zero-order valence-electron chi connectivity index (χ0n) is 16.1. The van der Waals surface area contributed by atoms with Gasteiger partial charge < -0.3 is 24.8 Å². The second-order valence-corrected chi connectivity index (χ2v) is 7.46. The Morgan fingerprint density at radius 3 is 2.55 bits per heavy atom. The van der Waals surface area contributed by atoms with Crippen LogP contribution in [0.15, 0.2) is 48.5 Å². The van der Waals surface area contributed by atoms with Crippen LogP contribution in [0, 0.1) is 5.82 Å². The molecule has 0 aromatic heterocycles. The van der Waals surface area contributed by atoms with E-state index in [9.17, 15) is 14.3 Å². The van der Waals surface area contributed by atoms with Crippen molar-refractivity contribution in [1.29, 1.82) is 0 Å². The van der Waals surface area contributed by atoms with Crippen molar-refractivity contribution in [3.05, 3.63) is 59.9 Å². The van der Waals surface area contributed by atoms with Gasteiger partial charge in [-0.05, 0) is 49.2 Å².